The molecule has 1 aromatic heterocycles. The summed E-state index contributed by atoms with van der Waals surface area (Å²) in [4.78, 5) is 10.6. The maximum atomic E-state index is 12.0. The fourth-order valence-electron chi connectivity index (χ4n) is 2.18. The van der Waals surface area contributed by atoms with E-state index >= 15 is 0 Å². The molecule has 0 amide bonds. The molecular weight excluding hydrogens is 254 g/mol. The van der Waals surface area contributed by atoms with Crippen molar-refractivity contribution in [3.63, 3.8) is 0 Å². The minimum absolute atomic E-state index is 0.0709. The molecule has 0 spiro atoms. The molecule has 1 atom stereocenters. The topological polar surface area (TPSA) is 85.1 Å². The van der Waals surface area contributed by atoms with Crippen molar-refractivity contribution in [1.29, 1.82) is 0 Å². The third kappa shape index (κ3) is 3.38. The van der Waals surface area contributed by atoms with Crippen molar-refractivity contribution >= 4 is 16.8 Å². The van der Waals surface area contributed by atoms with Gasteiger partial charge in [0.2, 0.25) is 0 Å². The molecule has 1 aliphatic rings. The number of rotatable bonds is 5. The molecule has 0 bridgehead atoms. The molecule has 6 nitrogen and oxygen atoms in total. The Labute approximate surface area is 108 Å². The van der Waals surface area contributed by atoms with E-state index in [1.165, 1.54) is 30.1 Å². The Bertz CT molecular complexity index is 440. The maximum Gasteiger partial charge on any atom is 0.358 e. The van der Waals surface area contributed by atoms with Gasteiger partial charge in [-0.1, -0.05) is 24.5 Å². The average molecular weight is 271 g/mol. The molecule has 1 unspecified atom stereocenters. The maximum absolute atomic E-state index is 12.0. The Hall–Kier alpha value is -1.24. The zero-order valence-corrected chi connectivity index (χ0v) is 10.9. The van der Waals surface area contributed by atoms with Crippen LogP contribution in [0.25, 0.3) is 0 Å². The second kappa shape index (κ2) is 6.08. The molecule has 1 heterocycles. The normalized spacial score (nSPS) is 18.7. The molecule has 0 radical (unpaired) electrons. The summed E-state index contributed by atoms with van der Waals surface area (Å²) in [6, 6.07) is 0. The summed E-state index contributed by atoms with van der Waals surface area (Å²) in [6.07, 6.45) is 7.06. The predicted octanol–water partition coefficient (Wildman–Crippen LogP) is 1.06. The van der Waals surface area contributed by atoms with Gasteiger partial charge in [0.05, 0.1) is 12.7 Å². The Morgan fingerprint density at radius 2 is 2.17 bits per heavy atom. The van der Waals surface area contributed by atoms with Crippen LogP contribution in [0.4, 0.5) is 0 Å². The second-order valence-corrected chi connectivity index (χ2v) is 6.35. The van der Waals surface area contributed by atoms with Crippen LogP contribution in [0, 0.1) is 0 Å². The highest BCUT2D eigenvalue weighted by Gasteiger charge is 2.19. The van der Waals surface area contributed by atoms with Crippen molar-refractivity contribution in [3.05, 3.63) is 11.9 Å². The van der Waals surface area contributed by atoms with Crippen molar-refractivity contribution in [3.8, 4) is 0 Å². The summed E-state index contributed by atoms with van der Waals surface area (Å²) in [5, 5.41) is 16.2. The summed E-state index contributed by atoms with van der Waals surface area (Å²) in [5.74, 6) is -0.567. The summed E-state index contributed by atoms with van der Waals surface area (Å²) < 4.78 is 13.5. The van der Waals surface area contributed by atoms with Crippen molar-refractivity contribution in [2.45, 2.75) is 43.9 Å². The standard InChI is InChI=1S/C11H17N3O3S/c15-11(16)10-8-14(13-12-10)6-7-18(17)9-4-2-1-3-5-9/h8-9H,1-7H2,(H,15,16). The lowest BCUT2D eigenvalue weighted by Crippen LogP contribution is -2.22. The van der Waals surface area contributed by atoms with Gasteiger partial charge in [-0.2, -0.15) is 0 Å². The molecule has 100 valence electrons. The van der Waals surface area contributed by atoms with Crippen molar-refractivity contribution in [2.75, 3.05) is 5.75 Å². The van der Waals surface area contributed by atoms with Crippen molar-refractivity contribution in [2.24, 2.45) is 0 Å². The summed E-state index contributed by atoms with van der Waals surface area (Å²) in [5.41, 5.74) is -0.0709. The first kappa shape index (κ1) is 13.2. The van der Waals surface area contributed by atoms with Gasteiger partial charge in [0.1, 0.15) is 0 Å². The zero-order chi connectivity index (χ0) is 13.0. The van der Waals surface area contributed by atoms with E-state index in [0.717, 1.165) is 12.8 Å². The van der Waals surface area contributed by atoms with Gasteiger partial charge in [-0.3, -0.25) is 8.89 Å². The SMILES string of the molecule is O=C(O)c1cn(CCS(=O)C2CCCCC2)nn1. The molecular formula is C11H17N3O3S. The van der Waals surface area contributed by atoms with E-state index in [4.69, 9.17) is 5.11 Å². The fourth-order valence-corrected chi connectivity index (χ4v) is 3.74. The first-order chi connectivity index (χ1) is 8.66. The smallest absolute Gasteiger partial charge is 0.358 e. The monoisotopic (exact) mass is 271 g/mol. The van der Waals surface area contributed by atoms with Gasteiger partial charge in [-0.15, -0.1) is 5.10 Å². The van der Waals surface area contributed by atoms with E-state index in [-0.39, 0.29) is 5.69 Å². The minimum atomic E-state index is -1.09. The minimum Gasteiger partial charge on any atom is -0.476 e. The average Bonchev–Trinajstić information content (AvgIpc) is 2.86. The second-order valence-electron chi connectivity index (χ2n) is 4.52. The Morgan fingerprint density at radius 3 is 2.78 bits per heavy atom. The number of aromatic carboxylic acids is 1. The number of hydrogen-bond donors (Lipinski definition) is 1. The number of nitrogens with zero attached hydrogens (tertiary/aromatic N) is 3. The lowest BCUT2D eigenvalue weighted by molar-refractivity contribution is 0.0690. The van der Waals surface area contributed by atoms with E-state index < -0.39 is 16.8 Å². The molecule has 1 N–H and O–H groups in total. The van der Waals surface area contributed by atoms with Crippen molar-refractivity contribution in [1.82, 2.24) is 15.0 Å². The molecule has 2 rings (SSSR count). The first-order valence-electron chi connectivity index (χ1n) is 6.17. The Kier molecular flexibility index (Phi) is 4.46. The highest BCUT2D eigenvalue weighted by molar-refractivity contribution is 7.85. The molecule has 1 saturated carbocycles. The van der Waals surface area contributed by atoms with Crippen LogP contribution < -0.4 is 0 Å². The lowest BCUT2D eigenvalue weighted by atomic mass is 10.0. The van der Waals surface area contributed by atoms with Crippen LogP contribution in [0.15, 0.2) is 6.20 Å². The third-order valence-electron chi connectivity index (χ3n) is 3.20. The molecule has 0 aromatic carbocycles. The van der Waals surface area contributed by atoms with E-state index in [9.17, 15) is 9.00 Å². The van der Waals surface area contributed by atoms with Gasteiger partial charge < -0.3 is 5.11 Å². The van der Waals surface area contributed by atoms with Crippen LogP contribution in [-0.2, 0) is 17.3 Å². The number of carbonyl (C=O) groups is 1. The molecule has 0 aliphatic heterocycles. The number of carboxylic acids is 1. The first-order valence-corrected chi connectivity index (χ1v) is 7.55. The molecule has 0 saturated heterocycles. The van der Waals surface area contributed by atoms with E-state index in [2.05, 4.69) is 10.3 Å². The van der Waals surface area contributed by atoms with E-state index in [0.29, 0.717) is 17.5 Å². The van der Waals surface area contributed by atoms with Crippen LogP contribution in [0.1, 0.15) is 42.6 Å². The largest absolute Gasteiger partial charge is 0.476 e. The summed E-state index contributed by atoms with van der Waals surface area (Å²) in [7, 11) is -0.844. The fraction of sp³-hybridized carbons (Fsp3) is 0.727. The zero-order valence-electron chi connectivity index (χ0n) is 10.1. The number of carboxylic acid groups (broad SMARTS) is 1. The quantitative estimate of drug-likeness (QED) is 0.865. The van der Waals surface area contributed by atoms with Gasteiger partial charge in [0, 0.05) is 21.8 Å². The van der Waals surface area contributed by atoms with Crippen LogP contribution in [0.3, 0.4) is 0 Å². The lowest BCUT2D eigenvalue weighted by Gasteiger charge is -2.20. The predicted molar refractivity (Wildman–Crippen MR) is 66.9 cm³/mol. The van der Waals surface area contributed by atoms with Gasteiger partial charge in [-0.05, 0) is 12.8 Å². The highest BCUT2D eigenvalue weighted by Crippen LogP contribution is 2.22. The Morgan fingerprint density at radius 1 is 1.44 bits per heavy atom. The van der Waals surface area contributed by atoms with Gasteiger partial charge in [0.25, 0.3) is 0 Å². The van der Waals surface area contributed by atoms with E-state index in [1.807, 2.05) is 0 Å². The van der Waals surface area contributed by atoms with Gasteiger partial charge in [-0.25, -0.2) is 4.79 Å². The molecule has 1 fully saturated rings. The number of aromatic nitrogens is 3. The summed E-state index contributed by atoms with van der Waals surface area (Å²) >= 11 is 0. The van der Waals surface area contributed by atoms with Gasteiger partial charge >= 0.3 is 5.97 Å². The molecule has 7 heteroatoms. The molecule has 1 aromatic rings. The number of hydrogen-bond acceptors (Lipinski definition) is 4. The van der Waals surface area contributed by atoms with Crippen LogP contribution in [0.2, 0.25) is 0 Å². The third-order valence-corrected chi connectivity index (χ3v) is 5.00. The molecule has 1 aliphatic carbocycles. The molecule has 18 heavy (non-hydrogen) atoms. The number of aryl methyl sites for hydroxylation is 1. The highest BCUT2D eigenvalue weighted by atomic mass is 32.2. The summed E-state index contributed by atoms with van der Waals surface area (Å²) in [6.45, 7) is 0.462. The van der Waals surface area contributed by atoms with Crippen molar-refractivity contribution < 1.29 is 14.1 Å². The van der Waals surface area contributed by atoms with Gasteiger partial charge in [0.15, 0.2) is 5.69 Å². The van der Waals surface area contributed by atoms with E-state index in [1.54, 1.807) is 0 Å². The van der Waals surface area contributed by atoms with Crippen LogP contribution >= 0.6 is 0 Å². The van der Waals surface area contributed by atoms with Crippen LogP contribution in [0.5, 0.6) is 0 Å². The Balaban J connectivity index is 1.82. The van der Waals surface area contributed by atoms with Crippen LogP contribution in [-0.4, -0.2) is 41.3 Å².